The van der Waals surface area contributed by atoms with Crippen molar-refractivity contribution in [2.45, 2.75) is 18.9 Å². The molecule has 1 aromatic rings. The number of amides is 2. The molecule has 0 spiro atoms. The summed E-state index contributed by atoms with van der Waals surface area (Å²) >= 11 is 5.78. The number of nitrogens with one attached hydrogen (secondary N) is 2. The van der Waals surface area contributed by atoms with Crippen molar-refractivity contribution < 1.29 is 19.8 Å². The summed E-state index contributed by atoms with van der Waals surface area (Å²) in [5.41, 5.74) is -1.11. The summed E-state index contributed by atoms with van der Waals surface area (Å²) in [4.78, 5) is 23.3. The van der Waals surface area contributed by atoms with E-state index in [1.54, 1.807) is 31.2 Å². The average Bonchev–Trinajstić information content (AvgIpc) is 2.43. The van der Waals surface area contributed by atoms with Gasteiger partial charge in [0.2, 0.25) is 0 Å². The molecule has 7 heteroatoms. The molecule has 2 amide bonds. The van der Waals surface area contributed by atoms with Crippen LogP contribution in [-0.2, 0) is 10.3 Å². The smallest absolute Gasteiger partial charge is 0.334 e. The lowest BCUT2D eigenvalue weighted by atomic mass is 9.87. The molecule has 6 nitrogen and oxygen atoms in total. The average molecular weight is 301 g/mol. The molecule has 0 aromatic heterocycles. The van der Waals surface area contributed by atoms with Crippen molar-refractivity contribution in [1.82, 2.24) is 10.6 Å². The number of carbonyl (C=O) groups is 2. The number of benzene rings is 1. The minimum Gasteiger partial charge on any atom is -0.479 e. The molecule has 0 unspecified atom stereocenters. The summed E-state index contributed by atoms with van der Waals surface area (Å²) in [5.74, 6) is -1.17. The maximum atomic E-state index is 11.7. The van der Waals surface area contributed by atoms with Crippen LogP contribution in [0.25, 0.3) is 0 Å². The third-order valence-corrected chi connectivity index (χ3v) is 3.21. The summed E-state index contributed by atoms with van der Waals surface area (Å²) in [6, 6.07) is 5.60. The summed E-state index contributed by atoms with van der Waals surface area (Å²) in [5, 5.41) is 23.4. The number of carboxylic acid groups (broad SMARTS) is 1. The van der Waals surface area contributed by atoms with E-state index < -0.39 is 17.5 Å². The third kappa shape index (κ3) is 3.61. The van der Waals surface area contributed by atoms with Crippen LogP contribution in [0.4, 0.5) is 4.79 Å². The van der Waals surface area contributed by atoms with Gasteiger partial charge >= 0.3 is 12.0 Å². The third-order valence-electron chi connectivity index (χ3n) is 2.96. The molecule has 110 valence electrons. The molecule has 1 aromatic carbocycles. The van der Waals surface area contributed by atoms with Crippen molar-refractivity contribution in [2.75, 3.05) is 13.2 Å². The normalized spacial score (nSPS) is 13.3. The van der Waals surface area contributed by atoms with Gasteiger partial charge in [-0.15, -0.1) is 0 Å². The Morgan fingerprint density at radius 2 is 1.90 bits per heavy atom. The van der Waals surface area contributed by atoms with Crippen LogP contribution in [0, 0.1) is 0 Å². The highest BCUT2D eigenvalue weighted by atomic mass is 35.5. The maximum Gasteiger partial charge on any atom is 0.334 e. The maximum absolute atomic E-state index is 11.7. The van der Waals surface area contributed by atoms with E-state index in [0.717, 1.165) is 0 Å². The van der Waals surface area contributed by atoms with Gasteiger partial charge in [-0.25, -0.2) is 9.59 Å². The minimum absolute atomic E-state index is 0.0475. The van der Waals surface area contributed by atoms with Gasteiger partial charge in [0.05, 0.1) is 6.61 Å². The first-order chi connectivity index (χ1) is 9.46. The second-order valence-electron chi connectivity index (χ2n) is 4.18. The van der Waals surface area contributed by atoms with Gasteiger partial charge in [0.25, 0.3) is 0 Å². The number of halogens is 1. The number of urea groups is 1. The minimum atomic E-state index is -1.54. The number of carbonyl (C=O) groups excluding carboxylic acids is 1. The Morgan fingerprint density at radius 1 is 1.30 bits per heavy atom. The van der Waals surface area contributed by atoms with Crippen LogP contribution < -0.4 is 10.6 Å². The summed E-state index contributed by atoms with van der Waals surface area (Å²) < 4.78 is 0. The van der Waals surface area contributed by atoms with Crippen LogP contribution in [0.1, 0.15) is 18.9 Å². The molecule has 0 fully saturated rings. The highest BCUT2D eigenvalue weighted by molar-refractivity contribution is 6.30. The van der Waals surface area contributed by atoms with Crippen molar-refractivity contribution >= 4 is 23.6 Å². The lowest BCUT2D eigenvalue weighted by Crippen LogP contribution is -2.54. The first kappa shape index (κ1) is 16.3. The van der Waals surface area contributed by atoms with Crippen molar-refractivity contribution in [2.24, 2.45) is 0 Å². The van der Waals surface area contributed by atoms with Gasteiger partial charge in [0.1, 0.15) is 0 Å². The van der Waals surface area contributed by atoms with Gasteiger partial charge < -0.3 is 20.8 Å². The Labute approximate surface area is 121 Å². The molecule has 4 N–H and O–H groups in total. The van der Waals surface area contributed by atoms with Gasteiger partial charge in [-0.1, -0.05) is 30.7 Å². The van der Waals surface area contributed by atoms with E-state index in [4.69, 9.17) is 16.7 Å². The Balaban J connectivity index is 3.06. The van der Waals surface area contributed by atoms with E-state index in [2.05, 4.69) is 10.6 Å². The summed E-state index contributed by atoms with van der Waals surface area (Å²) in [6.07, 6.45) is 0.163. The number of hydrogen-bond donors (Lipinski definition) is 4. The molecule has 0 aliphatic heterocycles. The molecule has 0 aliphatic rings. The Hall–Kier alpha value is -1.79. The number of rotatable bonds is 6. The molecule has 0 saturated heterocycles. The second kappa shape index (κ2) is 7.12. The fourth-order valence-corrected chi connectivity index (χ4v) is 1.96. The predicted molar refractivity (Wildman–Crippen MR) is 74.7 cm³/mol. The largest absolute Gasteiger partial charge is 0.479 e. The van der Waals surface area contributed by atoms with Gasteiger partial charge in [-0.2, -0.15) is 0 Å². The highest BCUT2D eigenvalue weighted by Crippen LogP contribution is 2.26. The summed E-state index contributed by atoms with van der Waals surface area (Å²) in [7, 11) is 0. The van der Waals surface area contributed by atoms with E-state index >= 15 is 0 Å². The quantitative estimate of drug-likeness (QED) is 0.637. The SMILES string of the molecule is CC[C@@](NC(=O)NCCO)(C(=O)O)c1ccc(Cl)cc1. The molecular weight excluding hydrogens is 284 g/mol. The van der Waals surface area contributed by atoms with Crippen LogP contribution in [-0.4, -0.2) is 35.4 Å². The topological polar surface area (TPSA) is 98.7 Å². The van der Waals surface area contributed by atoms with Crippen molar-refractivity contribution in [3.05, 3.63) is 34.9 Å². The molecule has 0 heterocycles. The van der Waals surface area contributed by atoms with Crippen molar-refractivity contribution in [3.63, 3.8) is 0 Å². The first-order valence-corrected chi connectivity index (χ1v) is 6.50. The van der Waals surface area contributed by atoms with E-state index in [0.29, 0.717) is 10.6 Å². The standard InChI is InChI=1S/C13H17ClN2O4/c1-2-13(11(18)19,16-12(20)15-7-8-17)9-3-5-10(14)6-4-9/h3-6,17H,2,7-8H2,1H3,(H,18,19)(H2,15,16,20)/t13-/m0/s1. The van der Waals surface area contributed by atoms with Gasteiger partial charge in [0, 0.05) is 11.6 Å². The molecule has 0 radical (unpaired) electrons. The van der Waals surface area contributed by atoms with Gasteiger partial charge in [-0.05, 0) is 24.1 Å². The number of aliphatic carboxylic acids is 1. The Bertz CT molecular complexity index is 478. The zero-order chi connectivity index (χ0) is 15.2. The zero-order valence-electron chi connectivity index (χ0n) is 11.0. The molecule has 0 saturated carbocycles. The molecule has 1 atom stereocenters. The van der Waals surface area contributed by atoms with Gasteiger partial charge in [-0.3, -0.25) is 0 Å². The number of carboxylic acids is 1. The monoisotopic (exact) mass is 300 g/mol. The molecular formula is C13H17ClN2O4. The number of hydrogen-bond acceptors (Lipinski definition) is 3. The summed E-state index contributed by atoms with van der Waals surface area (Å²) in [6.45, 7) is 1.49. The number of aliphatic hydroxyl groups is 1. The fourth-order valence-electron chi connectivity index (χ4n) is 1.83. The van der Waals surface area contributed by atoms with Crippen molar-refractivity contribution in [3.8, 4) is 0 Å². The first-order valence-electron chi connectivity index (χ1n) is 6.12. The zero-order valence-corrected chi connectivity index (χ0v) is 11.8. The van der Waals surface area contributed by atoms with E-state index in [9.17, 15) is 14.7 Å². The molecule has 20 heavy (non-hydrogen) atoms. The molecule has 0 aliphatic carbocycles. The lowest BCUT2D eigenvalue weighted by Gasteiger charge is -2.30. The predicted octanol–water partition coefficient (Wildman–Crippen LogP) is 1.32. The van der Waals surface area contributed by atoms with Crippen LogP contribution >= 0.6 is 11.6 Å². The second-order valence-corrected chi connectivity index (χ2v) is 4.61. The number of aliphatic hydroxyl groups excluding tert-OH is 1. The lowest BCUT2D eigenvalue weighted by molar-refractivity contribution is -0.145. The Morgan fingerprint density at radius 3 is 2.35 bits per heavy atom. The van der Waals surface area contributed by atoms with E-state index in [1.165, 1.54) is 0 Å². The molecule has 1 rings (SSSR count). The Kier molecular flexibility index (Phi) is 5.79. The molecule has 0 bridgehead atoms. The fraction of sp³-hybridized carbons (Fsp3) is 0.385. The van der Waals surface area contributed by atoms with Crippen LogP contribution in [0.2, 0.25) is 5.02 Å². The van der Waals surface area contributed by atoms with Crippen LogP contribution in [0.5, 0.6) is 0 Å². The highest BCUT2D eigenvalue weighted by Gasteiger charge is 2.40. The van der Waals surface area contributed by atoms with Crippen LogP contribution in [0.15, 0.2) is 24.3 Å². The van der Waals surface area contributed by atoms with Gasteiger partial charge in [0.15, 0.2) is 5.54 Å². The van der Waals surface area contributed by atoms with E-state index in [-0.39, 0.29) is 19.6 Å². The van der Waals surface area contributed by atoms with E-state index in [1.807, 2.05) is 0 Å². The van der Waals surface area contributed by atoms with Crippen LogP contribution in [0.3, 0.4) is 0 Å². The van der Waals surface area contributed by atoms with Crippen molar-refractivity contribution in [1.29, 1.82) is 0 Å².